The highest BCUT2D eigenvalue weighted by Crippen LogP contribution is 2.33. The molecule has 1 N–H and O–H groups in total. The van der Waals surface area contributed by atoms with Crippen molar-refractivity contribution in [1.29, 1.82) is 0 Å². The van der Waals surface area contributed by atoms with E-state index in [1.165, 1.54) is 16.0 Å². The van der Waals surface area contributed by atoms with Gasteiger partial charge in [-0.2, -0.15) is 0 Å². The summed E-state index contributed by atoms with van der Waals surface area (Å²) in [5.74, 6) is 1.35. The summed E-state index contributed by atoms with van der Waals surface area (Å²) in [5, 5.41) is 1.02. The van der Waals surface area contributed by atoms with Crippen LogP contribution in [-0.4, -0.2) is 13.3 Å². The van der Waals surface area contributed by atoms with Gasteiger partial charge in [-0.25, -0.2) is 4.79 Å². The van der Waals surface area contributed by atoms with E-state index in [0.29, 0.717) is 23.8 Å². The van der Waals surface area contributed by atoms with Gasteiger partial charge >= 0.3 is 5.63 Å². The van der Waals surface area contributed by atoms with Crippen LogP contribution in [0.15, 0.2) is 45.6 Å². The number of nitrogens with one attached hydrogen (secondary N) is 1. The Kier molecular flexibility index (Phi) is 4.52. The van der Waals surface area contributed by atoms with Crippen LogP contribution in [0.2, 0.25) is 0 Å². The third-order valence-corrected chi connectivity index (χ3v) is 5.83. The Bertz CT molecular complexity index is 1050. The van der Waals surface area contributed by atoms with E-state index in [0.717, 1.165) is 35.4 Å². The van der Waals surface area contributed by atoms with Crippen LogP contribution in [-0.2, 0) is 6.54 Å². The van der Waals surface area contributed by atoms with Gasteiger partial charge in [-0.05, 0) is 38.0 Å². The van der Waals surface area contributed by atoms with E-state index in [-0.39, 0.29) is 5.63 Å². The summed E-state index contributed by atoms with van der Waals surface area (Å²) < 4.78 is 11.7. The van der Waals surface area contributed by atoms with Crippen molar-refractivity contribution in [3.05, 3.63) is 74.6 Å². The zero-order chi connectivity index (χ0) is 19.1. The van der Waals surface area contributed by atoms with Crippen LogP contribution >= 0.6 is 0 Å². The molecule has 0 fully saturated rings. The third kappa shape index (κ3) is 3.15. The average molecular weight is 364 g/mol. The number of aryl methyl sites for hydroxylation is 2. The minimum Gasteiger partial charge on any atom is -0.444 e. The lowest BCUT2D eigenvalue weighted by Crippen LogP contribution is -3.12. The summed E-state index contributed by atoms with van der Waals surface area (Å²) in [6.07, 6.45) is 0. The van der Waals surface area contributed by atoms with Gasteiger partial charge in [0.25, 0.3) is 0 Å². The van der Waals surface area contributed by atoms with E-state index in [9.17, 15) is 4.79 Å². The lowest BCUT2D eigenvalue weighted by atomic mass is 9.98. The number of hydrogen-bond acceptors (Lipinski definition) is 3. The predicted molar refractivity (Wildman–Crippen MR) is 107 cm³/mol. The van der Waals surface area contributed by atoms with Crippen molar-refractivity contribution in [2.45, 2.75) is 40.2 Å². The van der Waals surface area contributed by atoms with Crippen LogP contribution in [0.1, 0.15) is 40.7 Å². The van der Waals surface area contributed by atoms with E-state index in [4.69, 9.17) is 9.15 Å². The monoisotopic (exact) mass is 364 g/mol. The Hall–Kier alpha value is -2.59. The van der Waals surface area contributed by atoms with Crippen molar-refractivity contribution in [2.24, 2.45) is 0 Å². The van der Waals surface area contributed by atoms with Gasteiger partial charge in [-0.1, -0.05) is 37.3 Å². The Morgan fingerprint density at radius 2 is 1.81 bits per heavy atom. The molecule has 4 rings (SSSR count). The molecule has 0 radical (unpaired) electrons. The minimum absolute atomic E-state index is 0.261. The van der Waals surface area contributed by atoms with Crippen molar-refractivity contribution in [2.75, 3.05) is 13.3 Å². The van der Waals surface area contributed by atoms with Gasteiger partial charge in [-0.3, -0.25) is 4.90 Å². The first-order chi connectivity index (χ1) is 13.0. The molecule has 3 aromatic rings. The number of quaternary nitrogens is 1. The quantitative estimate of drug-likeness (QED) is 0.726. The zero-order valence-electron chi connectivity index (χ0n) is 16.4. The molecule has 1 aromatic heterocycles. The maximum Gasteiger partial charge on any atom is 0.339 e. The first kappa shape index (κ1) is 17.8. The molecule has 2 atom stereocenters. The predicted octanol–water partition coefficient (Wildman–Crippen LogP) is 3.26. The Labute approximate surface area is 159 Å². The fourth-order valence-corrected chi connectivity index (χ4v) is 4.08. The average Bonchev–Trinajstić information content (AvgIpc) is 2.68. The first-order valence-corrected chi connectivity index (χ1v) is 9.53. The Balaban J connectivity index is 1.66. The normalized spacial score (nSPS) is 17.4. The maximum absolute atomic E-state index is 12.1. The number of benzene rings is 2. The summed E-state index contributed by atoms with van der Waals surface area (Å²) in [5.41, 5.74) is 5.55. The molecule has 27 heavy (non-hydrogen) atoms. The molecule has 4 nitrogen and oxygen atoms in total. The molecule has 0 bridgehead atoms. The molecule has 0 saturated carbocycles. The van der Waals surface area contributed by atoms with Crippen molar-refractivity contribution < 1.29 is 14.1 Å². The molecular weight excluding hydrogens is 338 g/mol. The highest BCUT2D eigenvalue weighted by Gasteiger charge is 2.26. The Morgan fingerprint density at radius 3 is 2.56 bits per heavy atom. The fraction of sp³-hybridized carbons (Fsp3) is 0.348. The smallest absolute Gasteiger partial charge is 0.339 e. The van der Waals surface area contributed by atoms with E-state index in [2.05, 4.69) is 43.3 Å². The molecule has 1 aliphatic heterocycles. The second-order valence-corrected chi connectivity index (χ2v) is 7.74. The third-order valence-electron chi connectivity index (χ3n) is 5.83. The maximum atomic E-state index is 12.1. The highest BCUT2D eigenvalue weighted by atomic mass is 16.5. The highest BCUT2D eigenvalue weighted by molar-refractivity contribution is 5.86. The number of hydrogen-bond donors (Lipinski definition) is 1. The van der Waals surface area contributed by atoms with Crippen LogP contribution in [0.25, 0.3) is 11.0 Å². The van der Waals surface area contributed by atoms with Gasteiger partial charge < -0.3 is 9.15 Å². The number of ether oxygens (including phenoxy) is 1. The van der Waals surface area contributed by atoms with Crippen LogP contribution in [0.5, 0.6) is 5.75 Å². The van der Waals surface area contributed by atoms with Gasteiger partial charge in [0.2, 0.25) is 6.73 Å². The molecule has 0 amide bonds. The van der Waals surface area contributed by atoms with Crippen LogP contribution in [0, 0.1) is 20.8 Å². The Morgan fingerprint density at radius 1 is 1.07 bits per heavy atom. The molecule has 0 spiro atoms. The SMILES string of the molecule is Cc1c(C)c2cc3c(c(C)c2oc1=O)OC[NH+](C[C@H](C)c1ccccc1)C3. The lowest BCUT2D eigenvalue weighted by molar-refractivity contribution is -0.933. The fourth-order valence-electron chi connectivity index (χ4n) is 4.08. The molecule has 0 saturated heterocycles. The van der Waals surface area contributed by atoms with Gasteiger partial charge in [0.15, 0.2) is 0 Å². The standard InChI is InChI=1S/C23H25NO3/c1-14(18-8-6-5-7-9-18)11-24-12-19-10-20-15(2)16(3)23(25)27-22(20)17(4)21(19)26-13-24/h5-10,14H,11-13H2,1-4H3/p+1/t14-/m0/s1. The van der Waals surface area contributed by atoms with Gasteiger partial charge in [0.05, 0.1) is 6.54 Å². The summed E-state index contributed by atoms with van der Waals surface area (Å²) in [6, 6.07) is 12.8. The molecule has 4 heteroatoms. The topological polar surface area (TPSA) is 43.9 Å². The van der Waals surface area contributed by atoms with Crippen molar-refractivity contribution in [3.63, 3.8) is 0 Å². The van der Waals surface area contributed by atoms with Crippen LogP contribution in [0.4, 0.5) is 0 Å². The van der Waals surface area contributed by atoms with E-state index < -0.39 is 0 Å². The molecule has 1 aliphatic rings. The van der Waals surface area contributed by atoms with Crippen molar-refractivity contribution in [1.82, 2.24) is 0 Å². The molecule has 2 aromatic carbocycles. The molecular formula is C23H26NO3+. The second-order valence-electron chi connectivity index (χ2n) is 7.74. The first-order valence-electron chi connectivity index (χ1n) is 9.53. The second kappa shape index (κ2) is 6.86. The van der Waals surface area contributed by atoms with E-state index in [1.54, 1.807) is 0 Å². The molecule has 140 valence electrons. The van der Waals surface area contributed by atoms with Gasteiger partial charge in [0.1, 0.15) is 17.9 Å². The summed E-state index contributed by atoms with van der Waals surface area (Å²) >= 11 is 0. The molecule has 2 heterocycles. The minimum atomic E-state index is -0.261. The van der Waals surface area contributed by atoms with Gasteiger partial charge in [-0.15, -0.1) is 0 Å². The van der Waals surface area contributed by atoms with Gasteiger partial charge in [0, 0.05) is 28.0 Å². The van der Waals surface area contributed by atoms with E-state index >= 15 is 0 Å². The molecule has 1 unspecified atom stereocenters. The number of rotatable bonds is 3. The van der Waals surface area contributed by atoms with Crippen molar-refractivity contribution >= 4 is 11.0 Å². The summed E-state index contributed by atoms with van der Waals surface area (Å²) in [4.78, 5) is 13.5. The van der Waals surface area contributed by atoms with Crippen LogP contribution in [0.3, 0.4) is 0 Å². The summed E-state index contributed by atoms with van der Waals surface area (Å²) in [7, 11) is 0. The summed E-state index contributed by atoms with van der Waals surface area (Å²) in [6.45, 7) is 10.6. The zero-order valence-corrected chi connectivity index (χ0v) is 16.4. The van der Waals surface area contributed by atoms with E-state index in [1.807, 2.05) is 20.8 Å². The number of fused-ring (bicyclic) bond motifs is 2. The van der Waals surface area contributed by atoms with Crippen LogP contribution < -0.4 is 15.3 Å². The molecule has 0 aliphatic carbocycles. The van der Waals surface area contributed by atoms with Crippen molar-refractivity contribution in [3.8, 4) is 5.75 Å². The largest absolute Gasteiger partial charge is 0.444 e. The lowest BCUT2D eigenvalue weighted by Gasteiger charge is -2.29.